The molecule has 2 amide bonds. The fraction of sp³-hybridized carbons (Fsp3) is 0.400. The maximum absolute atomic E-state index is 13.3. The van der Waals surface area contributed by atoms with Crippen molar-refractivity contribution < 1.29 is 36.2 Å². The van der Waals surface area contributed by atoms with E-state index in [1.54, 1.807) is 29.9 Å². The molecule has 216 valence electrons. The van der Waals surface area contributed by atoms with E-state index in [1.165, 1.54) is 6.20 Å². The Bertz CT molecular complexity index is 1280. The average molecular weight is 585 g/mol. The van der Waals surface area contributed by atoms with Crippen LogP contribution in [-0.2, 0) is 36.3 Å². The number of allylic oxidation sites excluding steroid dienone is 1. The van der Waals surface area contributed by atoms with Crippen LogP contribution in [-0.4, -0.2) is 60.3 Å². The number of hydrogen-bond acceptors (Lipinski definition) is 8. The van der Waals surface area contributed by atoms with E-state index in [-0.39, 0.29) is 18.9 Å². The molecule has 0 aliphatic carbocycles. The quantitative estimate of drug-likeness (QED) is 0.165. The normalized spacial score (nSPS) is 13.4. The number of rotatable bonds is 12. The van der Waals surface area contributed by atoms with Gasteiger partial charge in [0.2, 0.25) is 21.8 Å². The second-order valence-electron chi connectivity index (χ2n) is 9.21. The number of amides is 2. The first-order valence-corrected chi connectivity index (χ1v) is 15.6. The van der Waals surface area contributed by atoms with Crippen molar-refractivity contribution >= 4 is 38.0 Å². The molecule has 2 aromatic rings. The van der Waals surface area contributed by atoms with Crippen molar-refractivity contribution in [2.75, 3.05) is 12.5 Å². The summed E-state index contributed by atoms with van der Waals surface area (Å²) < 4.78 is 51.4. The molecule has 1 aromatic heterocycles. The Morgan fingerprint density at radius 2 is 1.62 bits per heavy atom. The van der Waals surface area contributed by atoms with Gasteiger partial charge in [-0.1, -0.05) is 62.4 Å². The second-order valence-corrected chi connectivity index (χ2v) is 12.6. The van der Waals surface area contributed by atoms with Crippen LogP contribution in [0, 0.1) is 17.8 Å². The third-order valence-corrected chi connectivity index (χ3v) is 6.20. The Morgan fingerprint density at radius 3 is 2.10 bits per heavy atom. The zero-order chi connectivity index (χ0) is 29.6. The molecule has 1 heterocycles. The lowest BCUT2D eigenvalue weighted by molar-refractivity contribution is -0.142. The number of pyridine rings is 1. The predicted molar refractivity (Wildman–Crippen MR) is 147 cm³/mol. The minimum atomic E-state index is -3.81. The molecule has 0 aliphatic heterocycles. The SMILES string of the molecule is CC(C)C[C@@H](C(=O)NN(Cc1cccnc1)S(C)(=O)=O)[C@H](C/C=C/c1ccccc1)C(=O)NO.CS(=O)(=O)O. The second kappa shape index (κ2) is 16.1. The van der Waals surface area contributed by atoms with E-state index in [1.807, 2.05) is 50.3 Å². The number of nitrogens with zero attached hydrogens (tertiary/aromatic N) is 2. The summed E-state index contributed by atoms with van der Waals surface area (Å²) in [7, 11) is -7.48. The highest BCUT2D eigenvalue weighted by Gasteiger charge is 2.35. The lowest BCUT2D eigenvalue weighted by Gasteiger charge is -2.28. The standard InChI is InChI=1S/C24H32N4O5S.CH4O3S/c1-18(2)15-22(21(24(30)27-31)13-7-11-19-9-5-4-6-10-19)23(29)26-28(34(3,32)33)17-20-12-8-14-25-16-20;1-5(2,3)4/h4-12,14,16,18,21-22,31H,13,15,17H2,1-3H3,(H,26,29)(H,27,30);1H3,(H,2,3,4)/b11-7+;/t21-,22+;/m0./s1. The third kappa shape index (κ3) is 14.5. The molecule has 0 bridgehead atoms. The van der Waals surface area contributed by atoms with Crippen molar-refractivity contribution in [2.45, 2.75) is 33.2 Å². The van der Waals surface area contributed by atoms with Crippen LogP contribution in [0.5, 0.6) is 0 Å². The molecule has 0 saturated heterocycles. The largest absolute Gasteiger partial charge is 0.289 e. The molecule has 0 aliphatic rings. The number of hydrogen-bond donors (Lipinski definition) is 4. The van der Waals surface area contributed by atoms with Crippen LogP contribution >= 0.6 is 0 Å². The highest BCUT2D eigenvalue weighted by Crippen LogP contribution is 2.26. The maximum atomic E-state index is 13.3. The molecule has 39 heavy (non-hydrogen) atoms. The summed E-state index contributed by atoms with van der Waals surface area (Å²) in [6.07, 6.45) is 8.85. The lowest BCUT2D eigenvalue weighted by Crippen LogP contribution is -2.50. The summed E-state index contributed by atoms with van der Waals surface area (Å²) in [5, 5.41) is 9.32. The predicted octanol–water partition coefficient (Wildman–Crippen LogP) is 2.27. The molecule has 0 unspecified atom stereocenters. The number of carbonyl (C=O) groups is 2. The molecule has 2 atom stereocenters. The molecule has 1 aromatic carbocycles. The van der Waals surface area contributed by atoms with E-state index in [2.05, 4.69) is 10.4 Å². The monoisotopic (exact) mass is 584 g/mol. The number of sulfonamides is 1. The van der Waals surface area contributed by atoms with Gasteiger partial charge >= 0.3 is 0 Å². The van der Waals surface area contributed by atoms with Gasteiger partial charge in [0.25, 0.3) is 10.1 Å². The number of hydroxylamine groups is 1. The molecular weight excluding hydrogens is 548 g/mol. The number of benzene rings is 1. The van der Waals surface area contributed by atoms with E-state index in [4.69, 9.17) is 4.55 Å². The average Bonchev–Trinajstić information content (AvgIpc) is 2.84. The summed E-state index contributed by atoms with van der Waals surface area (Å²) in [5.74, 6) is -3.09. The Kier molecular flexibility index (Phi) is 13.9. The van der Waals surface area contributed by atoms with Gasteiger partial charge in [0, 0.05) is 12.4 Å². The van der Waals surface area contributed by atoms with Crippen molar-refractivity contribution in [3.63, 3.8) is 0 Å². The van der Waals surface area contributed by atoms with Gasteiger partial charge in [0.05, 0.1) is 30.9 Å². The zero-order valence-electron chi connectivity index (χ0n) is 22.3. The Hall–Kier alpha value is -3.17. The third-order valence-electron chi connectivity index (χ3n) is 5.18. The van der Waals surface area contributed by atoms with Gasteiger partial charge in [-0.3, -0.25) is 29.8 Å². The van der Waals surface area contributed by atoms with Crippen LogP contribution in [0.4, 0.5) is 0 Å². The highest BCUT2D eigenvalue weighted by molar-refractivity contribution is 7.88. The number of hydrazine groups is 1. The van der Waals surface area contributed by atoms with Gasteiger partial charge in [-0.15, -0.1) is 4.41 Å². The molecule has 12 nitrogen and oxygen atoms in total. The van der Waals surface area contributed by atoms with Crippen molar-refractivity contribution in [2.24, 2.45) is 17.8 Å². The van der Waals surface area contributed by atoms with Gasteiger partial charge in [-0.2, -0.15) is 8.42 Å². The fourth-order valence-electron chi connectivity index (χ4n) is 3.52. The van der Waals surface area contributed by atoms with E-state index >= 15 is 0 Å². The highest BCUT2D eigenvalue weighted by atomic mass is 32.2. The van der Waals surface area contributed by atoms with Crippen molar-refractivity contribution in [3.05, 3.63) is 72.1 Å². The molecule has 2 rings (SSSR count). The van der Waals surface area contributed by atoms with Crippen LogP contribution in [0.2, 0.25) is 0 Å². The first kappa shape index (κ1) is 33.9. The van der Waals surface area contributed by atoms with Gasteiger partial charge in [-0.05, 0) is 36.0 Å². The lowest BCUT2D eigenvalue weighted by atomic mass is 9.82. The van der Waals surface area contributed by atoms with Crippen LogP contribution in [0.15, 0.2) is 60.9 Å². The van der Waals surface area contributed by atoms with Crippen molar-refractivity contribution in [1.29, 1.82) is 0 Å². The Balaban J connectivity index is 0.00000139. The number of aromatic nitrogens is 1. The minimum Gasteiger partial charge on any atom is -0.289 e. The minimum absolute atomic E-state index is 0.0350. The van der Waals surface area contributed by atoms with Crippen LogP contribution < -0.4 is 10.9 Å². The molecule has 14 heteroatoms. The fourth-order valence-corrected chi connectivity index (χ4v) is 4.16. The number of carbonyl (C=O) groups excluding carboxylic acids is 2. The number of nitrogens with one attached hydrogen (secondary N) is 2. The summed E-state index contributed by atoms with van der Waals surface area (Å²) >= 11 is 0. The summed E-state index contributed by atoms with van der Waals surface area (Å²) in [5.41, 5.74) is 5.64. The first-order valence-electron chi connectivity index (χ1n) is 11.9. The first-order chi connectivity index (χ1) is 18.1. The summed E-state index contributed by atoms with van der Waals surface area (Å²) in [6.45, 7) is 3.69. The van der Waals surface area contributed by atoms with E-state index in [9.17, 15) is 31.6 Å². The van der Waals surface area contributed by atoms with Gasteiger partial charge in [0.15, 0.2) is 0 Å². The Labute approximate surface area is 229 Å². The Morgan fingerprint density at radius 1 is 1.00 bits per heavy atom. The zero-order valence-corrected chi connectivity index (χ0v) is 23.9. The van der Waals surface area contributed by atoms with Gasteiger partial charge < -0.3 is 0 Å². The van der Waals surface area contributed by atoms with Crippen LogP contribution in [0.25, 0.3) is 6.08 Å². The van der Waals surface area contributed by atoms with Crippen molar-refractivity contribution in [1.82, 2.24) is 20.3 Å². The van der Waals surface area contributed by atoms with Crippen LogP contribution in [0.3, 0.4) is 0 Å². The van der Waals surface area contributed by atoms with E-state index in [0.717, 1.165) is 16.2 Å². The van der Waals surface area contributed by atoms with Gasteiger partial charge in [0.1, 0.15) is 0 Å². The van der Waals surface area contributed by atoms with E-state index in [0.29, 0.717) is 18.2 Å². The topological polar surface area (TPSA) is 183 Å². The maximum Gasteiger partial charge on any atom is 0.261 e. The smallest absolute Gasteiger partial charge is 0.261 e. The summed E-state index contributed by atoms with van der Waals surface area (Å²) in [6, 6.07) is 12.8. The van der Waals surface area contributed by atoms with Crippen LogP contribution in [0.1, 0.15) is 37.8 Å². The summed E-state index contributed by atoms with van der Waals surface area (Å²) in [4.78, 5) is 29.8. The molecule has 0 fully saturated rings. The van der Waals surface area contributed by atoms with Crippen molar-refractivity contribution in [3.8, 4) is 0 Å². The molecule has 0 spiro atoms. The molecule has 0 radical (unpaired) electrons. The van der Waals surface area contributed by atoms with Gasteiger partial charge in [-0.25, -0.2) is 13.9 Å². The van der Waals surface area contributed by atoms with E-state index < -0.39 is 43.8 Å². The molecular formula is C25H36N4O8S2. The molecule has 4 N–H and O–H groups in total. The molecule has 0 saturated carbocycles.